The molecule has 180 valence electrons. The average Bonchev–Trinajstić information content (AvgIpc) is 3.30. The number of likely N-dealkylation sites (N-methyl/N-ethyl adjacent to an activating group) is 1. The van der Waals surface area contributed by atoms with Crippen LogP contribution in [0.3, 0.4) is 0 Å². The largest absolute Gasteiger partial charge is 0.486 e. The van der Waals surface area contributed by atoms with E-state index in [-0.39, 0.29) is 5.91 Å². The Bertz CT molecular complexity index is 1330. The molecule has 0 atom stereocenters. The molecule has 0 saturated heterocycles. The van der Waals surface area contributed by atoms with Crippen molar-refractivity contribution in [1.29, 1.82) is 0 Å². The van der Waals surface area contributed by atoms with E-state index >= 15 is 0 Å². The van der Waals surface area contributed by atoms with E-state index in [1.807, 2.05) is 74.5 Å². The molecule has 9 heteroatoms. The van der Waals surface area contributed by atoms with Crippen LogP contribution in [0.15, 0.2) is 60.7 Å². The van der Waals surface area contributed by atoms with Gasteiger partial charge in [0.05, 0.1) is 12.2 Å². The van der Waals surface area contributed by atoms with Crippen LogP contribution in [0.25, 0.3) is 16.9 Å². The van der Waals surface area contributed by atoms with Crippen LogP contribution in [-0.2, 0) is 4.79 Å². The molecule has 0 fully saturated rings. The van der Waals surface area contributed by atoms with Crippen LogP contribution in [-0.4, -0.2) is 58.3 Å². The number of fused-ring (bicyclic) bond motifs is 2. The summed E-state index contributed by atoms with van der Waals surface area (Å²) in [6.45, 7) is 7.25. The van der Waals surface area contributed by atoms with Gasteiger partial charge in [0.15, 0.2) is 17.1 Å². The third-order valence-corrected chi connectivity index (χ3v) is 5.88. The van der Waals surface area contributed by atoms with Crippen molar-refractivity contribution < 1.29 is 14.3 Å². The maximum Gasteiger partial charge on any atom is 0.247 e. The molecule has 0 aliphatic carbocycles. The van der Waals surface area contributed by atoms with E-state index in [0.29, 0.717) is 25.7 Å². The third kappa shape index (κ3) is 5.04. The van der Waals surface area contributed by atoms with Crippen LogP contribution in [0.5, 0.6) is 11.5 Å². The van der Waals surface area contributed by atoms with E-state index in [0.717, 1.165) is 52.9 Å². The molecule has 0 bridgehead atoms. The Morgan fingerprint density at radius 2 is 1.71 bits per heavy atom. The second kappa shape index (κ2) is 10.0. The molecule has 1 amide bonds. The van der Waals surface area contributed by atoms with Gasteiger partial charge in [-0.05, 0) is 67.7 Å². The van der Waals surface area contributed by atoms with Crippen LogP contribution >= 0.6 is 0 Å². The van der Waals surface area contributed by atoms with Gasteiger partial charge in [-0.1, -0.05) is 19.9 Å². The van der Waals surface area contributed by atoms with E-state index in [4.69, 9.17) is 9.47 Å². The lowest BCUT2D eigenvalue weighted by atomic mass is 10.1. The molecular formula is C26H28N6O3. The van der Waals surface area contributed by atoms with Crippen molar-refractivity contribution >= 4 is 28.9 Å². The fourth-order valence-electron chi connectivity index (χ4n) is 4.00. The Hall–Kier alpha value is -4.11. The second-order valence-electron chi connectivity index (χ2n) is 8.19. The highest BCUT2D eigenvalue weighted by atomic mass is 16.6. The monoisotopic (exact) mass is 472 g/mol. The van der Waals surface area contributed by atoms with Crippen molar-refractivity contribution in [3.8, 4) is 22.8 Å². The van der Waals surface area contributed by atoms with Crippen molar-refractivity contribution in [2.24, 2.45) is 0 Å². The Morgan fingerprint density at radius 3 is 2.49 bits per heavy atom. The minimum absolute atomic E-state index is 0.0249. The number of carbonyl (C=O) groups excluding carboxylic acids is 1. The summed E-state index contributed by atoms with van der Waals surface area (Å²) in [5.41, 5.74) is 4.15. The summed E-state index contributed by atoms with van der Waals surface area (Å²) in [6, 6.07) is 19.2. The number of amides is 1. The van der Waals surface area contributed by atoms with Crippen molar-refractivity contribution in [3.63, 3.8) is 0 Å². The Balaban J connectivity index is 1.31. The zero-order chi connectivity index (χ0) is 24.2. The molecule has 1 aliphatic rings. The third-order valence-electron chi connectivity index (χ3n) is 5.88. The SMILES string of the molecule is CCN(CC)CC(=O)Nc1ccc(Nc2nc3cccc(-c4ccc5c(c4)OCCO5)n3n2)cc1. The van der Waals surface area contributed by atoms with Gasteiger partial charge in [-0.25, -0.2) is 4.52 Å². The fourth-order valence-corrected chi connectivity index (χ4v) is 4.00. The number of carbonyl (C=O) groups is 1. The van der Waals surface area contributed by atoms with Gasteiger partial charge in [0, 0.05) is 16.9 Å². The van der Waals surface area contributed by atoms with E-state index < -0.39 is 0 Å². The normalized spacial score (nSPS) is 12.7. The minimum Gasteiger partial charge on any atom is -0.486 e. The molecule has 1 aliphatic heterocycles. The smallest absolute Gasteiger partial charge is 0.247 e. The molecular weight excluding hydrogens is 444 g/mol. The number of benzene rings is 2. The number of hydrogen-bond acceptors (Lipinski definition) is 7. The Kier molecular flexibility index (Phi) is 6.49. The van der Waals surface area contributed by atoms with Gasteiger partial charge in [-0.15, -0.1) is 5.10 Å². The van der Waals surface area contributed by atoms with E-state index in [2.05, 4.69) is 25.6 Å². The second-order valence-corrected chi connectivity index (χ2v) is 8.19. The van der Waals surface area contributed by atoms with Crippen LogP contribution in [0.4, 0.5) is 17.3 Å². The first kappa shape index (κ1) is 22.7. The van der Waals surface area contributed by atoms with Crippen molar-refractivity contribution in [1.82, 2.24) is 19.5 Å². The number of nitrogens with zero attached hydrogens (tertiary/aromatic N) is 4. The lowest BCUT2D eigenvalue weighted by Crippen LogP contribution is -2.32. The number of hydrogen-bond donors (Lipinski definition) is 2. The van der Waals surface area contributed by atoms with Crippen LogP contribution in [0, 0.1) is 0 Å². The molecule has 0 radical (unpaired) electrons. The van der Waals surface area contributed by atoms with Gasteiger partial charge in [0.2, 0.25) is 11.9 Å². The molecule has 5 rings (SSSR count). The van der Waals surface area contributed by atoms with E-state index in [9.17, 15) is 4.79 Å². The molecule has 4 aromatic rings. The standard InChI is InChI=1S/C26H28N6O3/c1-3-31(4-2)17-25(33)27-19-9-11-20(12-10-19)28-26-29-24-7-5-6-21(32(24)30-26)18-8-13-22-23(16-18)35-15-14-34-22/h5-13,16H,3-4,14-15,17H2,1-2H3,(H,27,33)(H,28,30). The van der Waals surface area contributed by atoms with Gasteiger partial charge in [0.25, 0.3) is 0 Å². The molecule has 2 aromatic carbocycles. The number of aromatic nitrogens is 3. The number of nitrogens with one attached hydrogen (secondary N) is 2. The van der Waals surface area contributed by atoms with Gasteiger partial charge < -0.3 is 20.1 Å². The van der Waals surface area contributed by atoms with Crippen LogP contribution in [0.2, 0.25) is 0 Å². The quantitative estimate of drug-likeness (QED) is 0.397. The summed E-state index contributed by atoms with van der Waals surface area (Å²) in [7, 11) is 0. The van der Waals surface area contributed by atoms with Crippen LogP contribution in [0.1, 0.15) is 13.8 Å². The number of rotatable bonds is 8. The molecule has 9 nitrogen and oxygen atoms in total. The van der Waals surface area contributed by atoms with Gasteiger partial charge in [-0.3, -0.25) is 9.69 Å². The van der Waals surface area contributed by atoms with Gasteiger partial charge >= 0.3 is 0 Å². The summed E-state index contributed by atoms with van der Waals surface area (Å²) in [4.78, 5) is 18.9. The van der Waals surface area contributed by atoms with Gasteiger partial charge in [-0.2, -0.15) is 4.98 Å². The summed E-state index contributed by atoms with van der Waals surface area (Å²) < 4.78 is 13.2. The molecule has 0 saturated carbocycles. The first-order valence-electron chi connectivity index (χ1n) is 11.8. The fraction of sp³-hybridized carbons (Fsp3) is 0.269. The number of ether oxygens (including phenoxy) is 2. The molecule has 0 spiro atoms. The maximum absolute atomic E-state index is 12.2. The molecule has 2 N–H and O–H groups in total. The molecule has 0 unspecified atom stereocenters. The molecule has 3 heterocycles. The zero-order valence-corrected chi connectivity index (χ0v) is 19.8. The van der Waals surface area contributed by atoms with Crippen molar-refractivity contribution in [2.75, 3.05) is 43.5 Å². The van der Waals surface area contributed by atoms with Crippen molar-refractivity contribution in [2.45, 2.75) is 13.8 Å². The topological polar surface area (TPSA) is 93.0 Å². The average molecular weight is 473 g/mol. The van der Waals surface area contributed by atoms with Gasteiger partial charge in [0.1, 0.15) is 13.2 Å². The maximum atomic E-state index is 12.2. The summed E-state index contributed by atoms with van der Waals surface area (Å²) >= 11 is 0. The summed E-state index contributed by atoms with van der Waals surface area (Å²) in [5, 5.41) is 10.8. The van der Waals surface area contributed by atoms with Crippen LogP contribution < -0.4 is 20.1 Å². The number of anilines is 3. The number of pyridine rings is 1. The summed E-state index contributed by atoms with van der Waals surface area (Å²) in [5.74, 6) is 1.94. The predicted octanol–water partition coefficient (Wildman–Crippen LogP) is 4.19. The summed E-state index contributed by atoms with van der Waals surface area (Å²) in [6.07, 6.45) is 0. The Labute approximate surface area is 203 Å². The van der Waals surface area contributed by atoms with E-state index in [1.54, 1.807) is 4.52 Å². The minimum atomic E-state index is -0.0249. The zero-order valence-electron chi connectivity index (χ0n) is 19.8. The first-order chi connectivity index (χ1) is 17.1. The molecule has 35 heavy (non-hydrogen) atoms. The Morgan fingerprint density at radius 1 is 0.971 bits per heavy atom. The predicted molar refractivity (Wildman–Crippen MR) is 136 cm³/mol. The van der Waals surface area contributed by atoms with E-state index in [1.165, 1.54) is 0 Å². The lowest BCUT2D eigenvalue weighted by molar-refractivity contribution is -0.117. The molecule has 2 aromatic heterocycles. The lowest BCUT2D eigenvalue weighted by Gasteiger charge is -2.19. The highest BCUT2D eigenvalue weighted by Gasteiger charge is 2.15. The first-order valence-corrected chi connectivity index (χ1v) is 11.8. The highest BCUT2D eigenvalue weighted by molar-refractivity contribution is 5.92. The van der Waals surface area contributed by atoms with Crippen molar-refractivity contribution in [3.05, 3.63) is 60.7 Å². The highest BCUT2D eigenvalue weighted by Crippen LogP contribution is 2.34.